The van der Waals surface area contributed by atoms with E-state index in [1.54, 1.807) is 0 Å². The molecule has 3 N–H and O–H groups in total. The molecule has 2 fully saturated rings. The number of rotatable bonds is 3. The van der Waals surface area contributed by atoms with Crippen molar-refractivity contribution in [1.29, 1.82) is 0 Å². The van der Waals surface area contributed by atoms with Crippen molar-refractivity contribution in [3.05, 3.63) is 0 Å². The summed E-state index contributed by atoms with van der Waals surface area (Å²) in [5, 5.41) is 3.06. The summed E-state index contributed by atoms with van der Waals surface area (Å²) in [4.78, 5) is 12.1. The van der Waals surface area contributed by atoms with Gasteiger partial charge in [-0.05, 0) is 37.2 Å². The number of hydrogen-bond donors (Lipinski definition) is 2. The summed E-state index contributed by atoms with van der Waals surface area (Å²) in [7, 11) is 0. The van der Waals surface area contributed by atoms with E-state index in [-0.39, 0.29) is 11.9 Å². The van der Waals surface area contributed by atoms with E-state index in [9.17, 15) is 4.79 Å². The Labute approximate surface area is 107 Å². The third-order valence-corrected chi connectivity index (χ3v) is 4.98. The number of hydrogen-bond acceptors (Lipinski definition) is 4. The predicted molar refractivity (Wildman–Crippen MR) is 70.0 cm³/mol. The number of carbonyl (C=O) groups excluding carboxylic acids is 1. The fourth-order valence-corrected chi connectivity index (χ4v) is 3.52. The van der Waals surface area contributed by atoms with E-state index < -0.39 is 5.41 Å². The van der Waals surface area contributed by atoms with Crippen molar-refractivity contribution in [2.75, 3.05) is 31.3 Å². The molecular formula is C12H22N2O2S. The average Bonchev–Trinajstić information content (AvgIpc) is 2.69. The lowest BCUT2D eigenvalue weighted by atomic mass is 9.84. The monoisotopic (exact) mass is 258 g/mol. The molecule has 2 heterocycles. The van der Waals surface area contributed by atoms with Crippen molar-refractivity contribution in [1.82, 2.24) is 5.32 Å². The Morgan fingerprint density at radius 1 is 1.53 bits per heavy atom. The Morgan fingerprint density at radius 2 is 2.24 bits per heavy atom. The molecule has 1 amide bonds. The van der Waals surface area contributed by atoms with Crippen LogP contribution in [0, 0.1) is 11.3 Å². The van der Waals surface area contributed by atoms with Gasteiger partial charge in [0.25, 0.3) is 0 Å². The minimum Gasteiger partial charge on any atom is -0.379 e. The molecule has 2 rings (SSSR count). The molecular weight excluding hydrogens is 236 g/mol. The number of ether oxygens (including phenoxy) is 1. The van der Waals surface area contributed by atoms with E-state index in [2.05, 4.69) is 5.32 Å². The summed E-state index contributed by atoms with van der Waals surface area (Å²) >= 11 is 2.01. The normalized spacial score (nSPS) is 34.8. The third kappa shape index (κ3) is 2.95. The highest BCUT2D eigenvalue weighted by atomic mass is 32.2. The molecule has 2 atom stereocenters. The fourth-order valence-electron chi connectivity index (χ4n) is 2.31. The maximum atomic E-state index is 12.1. The minimum atomic E-state index is -0.538. The average molecular weight is 258 g/mol. The molecule has 2 unspecified atom stereocenters. The van der Waals surface area contributed by atoms with Crippen molar-refractivity contribution in [2.45, 2.75) is 25.8 Å². The maximum absolute atomic E-state index is 12.1. The van der Waals surface area contributed by atoms with Crippen LogP contribution in [0.3, 0.4) is 0 Å². The summed E-state index contributed by atoms with van der Waals surface area (Å²) in [6.45, 7) is 3.63. The molecule has 0 radical (unpaired) electrons. The van der Waals surface area contributed by atoms with Crippen LogP contribution in [-0.4, -0.2) is 43.2 Å². The molecule has 17 heavy (non-hydrogen) atoms. The second kappa shape index (κ2) is 5.59. The van der Waals surface area contributed by atoms with Gasteiger partial charge in [0.15, 0.2) is 0 Å². The van der Waals surface area contributed by atoms with Crippen LogP contribution in [0.1, 0.15) is 19.8 Å². The minimum absolute atomic E-state index is 0.0562. The summed E-state index contributed by atoms with van der Waals surface area (Å²) in [6, 6.07) is -0.176. The molecule has 2 saturated heterocycles. The van der Waals surface area contributed by atoms with Gasteiger partial charge in [-0.25, -0.2) is 0 Å². The van der Waals surface area contributed by atoms with Gasteiger partial charge >= 0.3 is 0 Å². The zero-order valence-corrected chi connectivity index (χ0v) is 11.2. The summed E-state index contributed by atoms with van der Waals surface area (Å²) < 4.78 is 5.30. The van der Waals surface area contributed by atoms with Gasteiger partial charge in [0.2, 0.25) is 5.91 Å². The van der Waals surface area contributed by atoms with Crippen molar-refractivity contribution in [3.8, 4) is 0 Å². The Kier molecular flexibility index (Phi) is 4.33. The second-order valence-electron chi connectivity index (χ2n) is 5.30. The Morgan fingerprint density at radius 3 is 2.82 bits per heavy atom. The van der Waals surface area contributed by atoms with Crippen LogP contribution < -0.4 is 11.1 Å². The summed E-state index contributed by atoms with van der Waals surface area (Å²) in [5.74, 6) is 3.14. The van der Waals surface area contributed by atoms with Crippen LogP contribution in [0.4, 0.5) is 0 Å². The van der Waals surface area contributed by atoms with E-state index in [1.165, 1.54) is 24.3 Å². The lowest BCUT2D eigenvalue weighted by Gasteiger charge is -2.28. The molecule has 0 aliphatic carbocycles. The van der Waals surface area contributed by atoms with Crippen LogP contribution in [0.25, 0.3) is 0 Å². The zero-order chi connectivity index (χ0) is 12.3. The van der Waals surface area contributed by atoms with Gasteiger partial charge in [0, 0.05) is 12.6 Å². The van der Waals surface area contributed by atoms with Gasteiger partial charge in [0.05, 0.1) is 18.6 Å². The van der Waals surface area contributed by atoms with Crippen molar-refractivity contribution < 1.29 is 9.53 Å². The highest BCUT2D eigenvalue weighted by Gasteiger charge is 2.44. The Bertz CT molecular complexity index is 282. The van der Waals surface area contributed by atoms with Gasteiger partial charge in [-0.2, -0.15) is 11.8 Å². The van der Waals surface area contributed by atoms with Crippen LogP contribution in [-0.2, 0) is 9.53 Å². The molecule has 2 aliphatic heterocycles. The van der Waals surface area contributed by atoms with Crippen LogP contribution >= 0.6 is 11.8 Å². The first-order valence-electron chi connectivity index (χ1n) is 6.32. The molecule has 0 spiro atoms. The zero-order valence-electron chi connectivity index (χ0n) is 10.4. The molecule has 4 nitrogen and oxygen atoms in total. The van der Waals surface area contributed by atoms with Gasteiger partial charge in [-0.1, -0.05) is 0 Å². The van der Waals surface area contributed by atoms with Crippen LogP contribution in [0.2, 0.25) is 0 Å². The predicted octanol–water partition coefficient (Wildman–Crippen LogP) is 0.610. The molecule has 0 bridgehead atoms. The molecule has 0 aromatic carbocycles. The smallest absolute Gasteiger partial charge is 0.229 e. The highest BCUT2D eigenvalue weighted by molar-refractivity contribution is 7.99. The van der Waals surface area contributed by atoms with Crippen molar-refractivity contribution in [2.24, 2.45) is 17.1 Å². The van der Waals surface area contributed by atoms with Gasteiger partial charge in [0.1, 0.15) is 0 Å². The van der Waals surface area contributed by atoms with Crippen molar-refractivity contribution >= 4 is 17.7 Å². The fraction of sp³-hybridized carbons (Fsp3) is 0.917. The molecule has 98 valence electrons. The largest absolute Gasteiger partial charge is 0.379 e. The van der Waals surface area contributed by atoms with Gasteiger partial charge in [-0.15, -0.1) is 0 Å². The lowest BCUT2D eigenvalue weighted by molar-refractivity contribution is -0.130. The first-order chi connectivity index (χ1) is 8.13. The molecule has 0 aromatic rings. The van der Waals surface area contributed by atoms with Gasteiger partial charge < -0.3 is 15.8 Å². The third-order valence-electron chi connectivity index (χ3n) is 3.93. The number of carbonyl (C=O) groups is 1. The lowest BCUT2D eigenvalue weighted by Crippen LogP contribution is -2.50. The first kappa shape index (κ1) is 13.2. The maximum Gasteiger partial charge on any atom is 0.229 e. The number of nitrogens with two attached hydrogens (primary N) is 1. The topological polar surface area (TPSA) is 64.3 Å². The van der Waals surface area contributed by atoms with E-state index in [1.807, 2.05) is 18.7 Å². The van der Waals surface area contributed by atoms with E-state index in [4.69, 9.17) is 10.5 Å². The first-order valence-corrected chi connectivity index (χ1v) is 7.48. The van der Waals surface area contributed by atoms with Crippen LogP contribution in [0.5, 0.6) is 0 Å². The number of nitrogens with one attached hydrogen (secondary N) is 1. The van der Waals surface area contributed by atoms with E-state index in [0.717, 1.165) is 6.54 Å². The van der Waals surface area contributed by atoms with Crippen LogP contribution in [0.15, 0.2) is 0 Å². The Hall–Kier alpha value is -0.260. The number of amides is 1. The molecule has 0 saturated carbocycles. The SMILES string of the molecule is CC1(C(=O)NCC2CCSCC2)COCC1N. The molecule has 5 heteroatoms. The summed E-state index contributed by atoms with van der Waals surface area (Å²) in [6.07, 6.45) is 2.43. The Balaban J connectivity index is 1.80. The van der Waals surface area contributed by atoms with Gasteiger partial charge in [-0.3, -0.25) is 4.79 Å². The highest BCUT2D eigenvalue weighted by Crippen LogP contribution is 2.28. The summed E-state index contributed by atoms with van der Waals surface area (Å²) in [5.41, 5.74) is 5.40. The quantitative estimate of drug-likeness (QED) is 0.778. The van der Waals surface area contributed by atoms with E-state index in [0.29, 0.717) is 19.1 Å². The second-order valence-corrected chi connectivity index (χ2v) is 6.53. The molecule has 0 aromatic heterocycles. The van der Waals surface area contributed by atoms with Crippen molar-refractivity contribution in [3.63, 3.8) is 0 Å². The molecule has 2 aliphatic rings. The standard InChI is InChI=1S/C12H22N2O2S/c1-12(8-16-7-10(12)13)11(15)14-6-9-2-4-17-5-3-9/h9-10H,2-8,13H2,1H3,(H,14,15). The number of thioether (sulfide) groups is 1. The van der Waals surface area contributed by atoms with E-state index >= 15 is 0 Å².